The number of hydrogen-bond donors (Lipinski definition) is 2. The lowest BCUT2D eigenvalue weighted by molar-refractivity contribution is 0.262. The van der Waals surface area contributed by atoms with Gasteiger partial charge in [0.15, 0.2) is 4.96 Å². The van der Waals surface area contributed by atoms with Gasteiger partial charge in [-0.15, -0.1) is 11.3 Å². The lowest BCUT2D eigenvalue weighted by Crippen LogP contribution is -2.28. The fourth-order valence-electron chi connectivity index (χ4n) is 1.72. The van der Waals surface area contributed by atoms with Crippen LogP contribution in [-0.4, -0.2) is 27.1 Å². The summed E-state index contributed by atoms with van der Waals surface area (Å²) in [6.07, 6.45) is 5.90. The van der Waals surface area contributed by atoms with E-state index in [9.17, 15) is 0 Å². The van der Waals surface area contributed by atoms with Gasteiger partial charge in [0.25, 0.3) is 0 Å². The van der Waals surface area contributed by atoms with Crippen molar-refractivity contribution in [1.29, 1.82) is 0 Å². The molecule has 2 aromatic rings. The Morgan fingerprint density at radius 1 is 1.62 bits per heavy atom. The molecule has 2 rings (SSSR count). The van der Waals surface area contributed by atoms with E-state index in [-0.39, 0.29) is 6.61 Å². The predicted octanol–water partition coefficient (Wildman–Crippen LogP) is 1.65. The maximum absolute atomic E-state index is 8.89. The Balaban J connectivity index is 1.92. The first-order valence-corrected chi connectivity index (χ1v) is 6.46. The van der Waals surface area contributed by atoms with E-state index in [1.54, 1.807) is 11.3 Å². The zero-order chi connectivity index (χ0) is 11.4. The highest BCUT2D eigenvalue weighted by Crippen LogP contribution is 2.11. The minimum atomic E-state index is 0.240. The van der Waals surface area contributed by atoms with Crippen LogP contribution in [0, 0.1) is 0 Å². The molecule has 5 heteroatoms. The number of fused-ring (bicyclic) bond motifs is 1. The average Bonchev–Trinajstić information content (AvgIpc) is 2.84. The molecule has 0 bridgehead atoms. The van der Waals surface area contributed by atoms with Crippen molar-refractivity contribution in [2.45, 2.75) is 32.4 Å². The van der Waals surface area contributed by atoms with E-state index in [0.29, 0.717) is 6.04 Å². The Morgan fingerprint density at radius 2 is 2.50 bits per heavy atom. The van der Waals surface area contributed by atoms with E-state index in [2.05, 4.69) is 17.2 Å². The van der Waals surface area contributed by atoms with Crippen molar-refractivity contribution in [3.8, 4) is 0 Å². The molecule has 2 heterocycles. The number of nitrogens with one attached hydrogen (secondary N) is 1. The normalized spacial score (nSPS) is 13.4. The van der Waals surface area contributed by atoms with Gasteiger partial charge < -0.3 is 10.4 Å². The quantitative estimate of drug-likeness (QED) is 0.806. The van der Waals surface area contributed by atoms with Crippen LogP contribution in [0.1, 0.15) is 25.5 Å². The number of aliphatic hydroxyl groups excluding tert-OH is 1. The van der Waals surface area contributed by atoms with Crippen molar-refractivity contribution in [2.75, 3.05) is 6.61 Å². The van der Waals surface area contributed by atoms with Gasteiger partial charge in [0.05, 0.1) is 5.69 Å². The molecule has 0 aliphatic carbocycles. The van der Waals surface area contributed by atoms with Gasteiger partial charge in [0, 0.05) is 37.0 Å². The third-order valence-corrected chi connectivity index (χ3v) is 3.46. The second-order valence-corrected chi connectivity index (χ2v) is 4.70. The molecule has 2 aromatic heterocycles. The zero-order valence-corrected chi connectivity index (χ0v) is 10.2. The molecule has 0 radical (unpaired) electrons. The second-order valence-electron chi connectivity index (χ2n) is 3.82. The number of rotatable bonds is 6. The summed E-state index contributed by atoms with van der Waals surface area (Å²) in [5.41, 5.74) is 1.06. The molecule has 1 unspecified atom stereocenters. The molecule has 0 aliphatic heterocycles. The van der Waals surface area contributed by atoms with Crippen LogP contribution in [0.4, 0.5) is 0 Å². The van der Waals surface area contributed by atoms with E-state index in [0.717, 1.165) is 30.0 Å². The summed E-state index contributed by atoms with van der Waals surface area (Å²) in [4.78, 5) is 5.53. The molecule has 16 heavy (non-hydrogen) atoms. The number of aliphatic hydroxyl groups is 1. The van der Waals surface area contributed by atoms with Crippen LogP contribution < -0.4 is 5.32 Å². The van der Waals surface area contributed by atoms with Crippen molar-refractivity contribution in [3.05, 3.63) is 23.5 Å². The smallest absolute Gasteiger partial charge is 0.193 e. The standard InChI is InChI=1S/C11H17N3OS/c1-2-9(3-5-15)12-7-10-8-14-4-6-16-11(14)13-10/h4,6,8-9,12,15H,2-3,5,7H2,1H3. The maximum Gasteiger partial charge on any atom is 0.193 e. The second kappa shape index (κ2) is 5.43. The van der Waals surface area contributed by atoms with Gasteiger partial charge in [-0.2, -0.15) is 0 Å². The molecule has 0 fully saturated rings. The summed E-state index contributed by atoms with van der Waals surface area (Å²) in [7, 11) is 0. The Bertz CT molecular complexity index is 409. The zero-order valence-electron chi connectivity index (χ0n) is 9.39. The molecular weight excluding hydrogens is 222 g/mol. The highest BCUT2D eigenvalue weighted by molar-refractivity contribution is 7.15. The molecule has 0 saturated carbocycles. The maximum atomic E-state index is 8.89. The van der Waals surface area contributed by atoms with E-state index < -0.39 is 0 Å². The summed E-state index contributed by atoms with van der Waals surface area (Å²) in [5.74, 6) is 0. The van der Waals surface area contributed by atoms with Gasteiger partial charge in [-0.3, -0.25) is 4.40 Å². The van der Waals surface area contributed by atoms with Crippen LogP contribution in [0.5, 0.6) is 0 Å². The minimum Gasteiger partial charge on any atom is -0.396 e. The molecule has 1 atom stereocenters. The van der Waals surface area contributed by atoms with Gasteiger partial charge in [-0.05, 0) is 12.8 Å². The van der Waals surface area contributed by atoms with E-state index in [4.69, 9.17) is 5.11 Å². The van der Waals surface area contributed by atoms with Crippen molar-refractivity contribution >= 4 is 16.3 Å². The molecule has 0 amide bonds. The highest BCUT2D eigenvalue weighted by Gasteiger charge is 2.07. The van der Waals surface area contributed by atoms with Crippen molar-refractivity contribution in [1.82, 2.24) is 14.7 Å². The lowest BCUT2D eigenvalue weighted by Gasteiger charge is -2.14. The van der Waals surface area contributed by atoms with Crippen LogP contribution in [0.25, 0.3) is 4.96 Å². The number of hydrogen-bond acceptors (Lipinski definition) is 4. The fraction of sp³-hybridized carbons (Fsp3) is 0.545. The molecule has 4 nitrogen and oxygen atoms in total. The number of thiazole rings is 1. The van der Waals surface area contributed by atoms with Gasteiger partial charge in [-0.1, -0.05) is 6.92 Å². The van der Waals surface area contributed by atoms with E-state index in [1.165, 1.54) is 0 Å². The van der Waals surface area contributed by atoms with Crippen molar-refractivity contribution in [2.24, 2.45) is 0 Å². The molecule has 0 aliphatic rings. The highest BCUT2D eigenvalue weighted by atomic mass is 32.1. The van der Waals surface area contributed by atoms with E-state index >= 15 is 0 Å². The largest absolute Gasteiger partial charge is 0.396 e. The molecular formula is C11H17N3OS. The molecule has 0 aromatic carbocycles. The monoisotopic (exact) mass is 239 g/mol. The van der Waals surface area contributed by atoms with Gasteiger partial charge >= 0.3 is 0 Å². The Labute approximate surface area is 98.9 Å². The topological polar surface area (TPSA) is 49.6 Å². The Kier molecular flexibility index (Phi) is 3.93. The third kappa shape index (κ3) is 2.61. The van der Waals surface area contributed by atoms with Gasteiger partial charge in [0.1, 0.15) is 0 Å². The summed E-state index contributed by atoms with van der Waals surface area (Å²) < 4.78 is 2.04. The lowest BCUT2D eigenvalue weighted by atomic mass is 10.1. The van der Waals surface area contributed by atoms with Crippen LogP contribution in [0.2, 0.25) is 0 Å². The SMILES string of the molecule is CCC(CCO)NCc1cn2ccsc2n1. The van der Waals surface area contributed by atoms with Crippen LogP contribution in [-0.2, 0) is 6.54 Å². The van der Waals surface area contributed by atoms with E-state index in [1.807, 2.05) is 22.2 Å². The number of aromatic nitrogens is 2. The first-order chi connectivity index (χ1) is 7.83. The van der Waals surface area contributed by atoms with Crippen molar-refractivity contribution in [3.63, 3.8) is 0 Å². The van der Waals surface area contributed by atoms with Crippen molar-refractivity contribution < 1.29 is 5.11 Å². The Hall–Kier alpha value is -0.910. The number of nitrogens with zero attached hydrogens (tertiary/aromatic N) is 2. The Morgan fingerprint density at radius 3 is 3.19 bits per heavy atom. The predicted molar refractivity (Wildman–Crippen MR) is 65.7 cm³/mol. The molecule has 0 saturated heterocycles. The molecule has 88 valence electrons. The van der Waals surface area contributed by atoms with Crippen LogP contribution >= 0.6 is 11.3 Å². The first-order valence-electron chi connectivity index (χ1n) is 5.58. The van der Waals surface area contributed by atoms with Crippen LogP contribution in [0.15, 0.2) is 17.8 Å². The molecule has 2 N–H and O–H groups in total. The fourth-order valence-corrected chi connectivity index (χ4v) is 2.44. The molecule has 0 spiro atoms. The van der Waals surface area contributed by atoms with Gasteiger partial charge in [-0.25, -0.2) is 4.98 Å². The number of imidazole rings is 1. The minimum absolute atomic E-state index is 0.240. The third-order valence-electron chi connectivity index (χ3n) is 2.69. The average molecular weight is 239 g/mol. The summed E-state index contributed by atoms with van der Waals surface area (Å²) in [6.45, 7) is 3.13. The van der Waals surface area contributed by atoms with Gasteiger partial charge in [0.2, 0.25) is 0 Å². The summed E-state index contributed by atoms with van der Waals surface area (Å²) in [6, 6.07) is 0.379. The first kappa shape index (κ1) is 11.6. The van der Waals surface area contributed by atoms with Crippen LogP contribution in [0.3, 0.4) is 0 Å². The summed E-state index contributed by atoms with van der Waals surface area (Å²) >= 11 is 1.64. The summed E-state index contributed by atoms with van der Waals surface area (Å²) in [5, 5.41) is 14.3.